The van der Waals surface area contributed by atoms with Crippen LogP contribution in [0.4, 0.5) is 0 Å². The lowest BCUT2D eigenvalue weighted by molar-refractivity contribution is 0.213. The number of hydrogen-bond donors (Lipinski definition) is 2. The van der Waals surface area contributed by atoms with Crippen LogP contribution >= 0.6 is 24.0 Å². The van der Waals surface area contributed by atoms with Gasteiger partial charge >= 0.3 is 0 Å². The Bertz CT molecular complexity index is 508. The quantitative estimate of drug-likeness (QED) is 0.390. The van der Waals surface area contributed by atoms with Crippen molar-refractivity contribution < 1.29 is 0 Å². The van der Waals surface area contributed by atoms with E-state index >= 15 is 0 Å². The molecule has 5 heteroatoms. The Hall–Kier alpha value is -0.820. The van der Waals surface area contributed by atoms with Crippen LogP contribution in [0.15, 0.2) is 35.3 Å². The minimum Gasteiger partial charge on any atom is -0.356 e. The van der Waals surface area contributed by atoms with Crippen molar-refractivity contribution in [3.05, 3.63) is 35.9 Å². The second-order valence-corrected chi connectivity index (χ2v) is 7.64. The summed E-state index contributed by atoms with van der Waals surface area (Å²) in [5, 5.41) is 6.96. The fourth-order valence-corrected chi connectivity index (χ4v) is 3.26. The molecule has 0 saturated carbocycles. The molecule has 0 radical (unpaired) electrons. The molecule has 0 unspecified atom stereocenters. The topological polar surface area (TPSA) is 39.7 Å². The monoisotopic (exact) mass is 458 g/mol. The summed E-state index contributed by atoms with van der Waals surface area (Å²) in [7, 11) is 4.06. The third-order valence-corrected chi connectivity index (χ3v) is 5.16. The van der Waals surface area contributed by atoms with Crippen molar-refractivity contribution in [2.75, 3.05) is 40.3 Å². The van der Waals surface area contributed by atoms with Crippen LogP contribution in [0, 0.1) is 5.92 Å². The minimum absolute atomic E-state index is 0. The number of nitrogens with one attached hydrogen (secondary N) is 2. The average Bonchev–Trinajstić information content (AvgIpc) is 2.60. The summed E-state index contributed by atoms with van der Waals surface area (Å²) in [6.45, 7) is 8.87. The summed E-state index contributed by atoms with van der Waals surface area (Å²) < 4.78 is 0. The molecule has 2 N–H and O–H groups in total. The highest BCUT2D eigenvalue weighted by Crippen LogP contribution is 2.21. The predicted molar refractivity (Wildman–Crippen MR) is 119 cm³/mol. The first kappa shape index (κ1) is 22.2. The van der Waals surface area contributed by atoms with Gasteiger partial charge in [-0.3, -0.25) is 4.99 Å². The number of guanidine groups is 1. The van der Waals surface area contributed by atoms with Gasteiger partial charge in [0.05, 0.1) is 0 Å². The standard InChI is InChI=1S/C20H34N4.HI/c1-20(2,18-8-6-5-7-9-18)16-23-19(21-3)22-13-10-17-11-14-24(4)15-12-17;/h5-9,17H,10-16H2,1-4H3,(H2,21,22,23);1H. The van der Waals surface area contributed by atoms with E-state index in [2.05, 4.69) is 71.8 Å². The molecule has 0 bridgehead atoms. The molecule has 142 valence electrons. The highest BCUT2D eigenvalue weighted by molar-refractivity contribution is 14.0. The number of aliphatic imine (C=N–C) groups is 1. The lowest BCUT2D eigenvalue weighted by Gasteiger charge is -2.29. The van der Waals surface area contributed by atoms with Crippen LogP contribution in [-0.2, 0) is 5.41 Å². The number of piperidine rings is 1. The zero-order valence-corrected chi connectivity index (χ0v) is 18.5. The van der Waals surface area contributed by atoms with Crippen molar-refractivity contribution in [2.45, 2.75) is 38.5 Å². The summed E-state index contributed by atoms with van der Waals surface area (Å²) >= 11 is 0. The molecule has 0 spiro atoms. The smallest absolute Gasteiger partial charge is 0.191 e. The molecule has 0 atom stereocenters. The zero-order chi connectivity index (χ0) is 17.4. The van der Waals surface area contributed by atoms with E-state index in [0.29, 0.717) is 0 Å². The Kier molecular flexibility index (Phi) is 9.79. The van der Waals surface area contributed by atoms with E-state index in [0.717, 1.165) is 25.0 Å². The molecule has 1 aromatic carbocycles. The van der Waals surface area contributed by atoms with E-state index in [1.54, 1.807) is 0 Å². The van der Waals surface area contributed by atoms with Crippen LogP contribution in [0.3, 0.4) is 0 Å². The van der Waals surface area contributed by atoms with Crippen LogP contribution < -0.4 is 10.6 Å². The summed E-state index contributed by atoms with van der Waals surface area (Å²) in [4.78, 5) is 6.79. The van der Waals surface area contributed by atoms with Crippen LogP contribution in [0.1, 0.15) is 38.7 Å². The molecule has 1 aliphatic rings. The number of benzene rings is 1. The van der Waals surface area contributed by atoms with E-state index in [4.69, 9.17) is 0 Å². The van der Waals surface area contributed by atoms with Crippen molar-refractivity contribution in [3.8, 4) is 0 Å². The van der Waals surface area contributed by atoms with Gasteiger partial charge in [-0.25, -0.2) is 0 Å². The molecule has 2 rings (SSSR count). The maximum Gasteiger partial charge on any atom is 0.191 e. The van der Waals surface area contributed by atoms with Crippen molar-refractivity contribution in [1.29, 1.82) is 0 Å². The second kappa shape index (κ2) is 11.0. The van der Waals surface area contributed by atoms with Crippen molar-refractivity contribution >= 4 is 29.9 Å². The largest absolute Gasteiger partial charge is 0.356 e. The molecule has 0 amide bonds. The van der Waals surface area contributed by atoms with Crippen LogP contribution in [0.5, 0.6) is 0 Å². The minimum atomic E-state index is 0. The molecule has 4 nitrogen and oxygen atoms in total. The van der Waals surface area contributed by atoms with Gasteiger partial charge in [0, 0.05) is 25.6 Å². The number of halogens is 1. The van der Waals surface area contributed by atoms with Gasteiger partial charge in [-0.2, -0.15) is 0 Å². The molecule has 0 aromatic heterocycles. The summed E-state index contributed by atoms with van der Waals surface area (Å²) in [5.74, 6) is 1.76. The Labute approximate surface area is 170 Å². The fraction of sp³-hybridized carbons (Fsp3) is 0.650. The van der Waals surface area contributed by atoms with Gasteiger partial charge in [-0.05, 0) is 50.9 Å². The summed E-state index contributed by atoms with van der Waals surface area (Å²) in [6.07, 6.45) is 3.88. The van der Waals surface area contributed by atoms with E-state index in [1.165, 1.54) is 37.9 Å². The lowest BCUT2D eigenvalue weighted by Crippen LogP contribution is -2.44. The first-order valence-corrected chi connectivity index (χ1v) is 9.20. The molecule has 25 heavy (non-hydrogen) atoms. The maximum absolute atomic E-state index is 4.37. The maximum atomic E-state index is 4.37. The second-order valence-electron chi connectivity index (χ2n) is 7.64. The van der Waals surface area contributed by atoms with Gasteiger partial charge in [-0.15, -0.1) is 24.0 Å². The summed E-state index contributed by atoms with van der Waals surface area (Å²) in [5.41, 5.74) is 1.42. The van der Waals surface area contributed by atoms with Crippen molar-refractivity contribution in [2.24, 2.45) is 10.9 Å². The Morgan fingerprint density at radius 3 is 2.40 bits per heavy atom. The average molecular weight is 458 g/mol. The van der Waals surface area contributed by atoms with E-state index < -0.39 is 0 Å². The van der Waals surface area contributed by atoms with E-state index in [-0.39, 0.29) is 29.4 Å². The summed E-state index contributed by atoms with van der Waals surface area (Å²) in [6, 6.07) is 10.7. The van der Waals surface area contributed by atoms with Gasteiger partial charge in [0.15, 0.2) is 5.96 Å². The number of nitrogens with zero attached hydrogens (tertiary/aromatic N) is 2. The predicted octanol–water partition coefficient (Wildman–Crippen LogP) is 3.48. The lowest BCUT2D eigenvalue weighted by atomic mass is 9.85. The van der Waals surface area contributed by atoms with Gasteiger partial charge in [0.1, 0.15) is 0 Å². The normalized spacial score (nSPS) is 17.0. The molecule has 1 saturated heterocycles. The molecule has 1 aliphatic heterocycles. The van der Waals surface area contributed by atoms with Gasteiger partial charge in [-0.1, -0.05) is 44.2 Å². The first-order valence-electron chi connectivity index (χ1n) is 9.20. The number of rotatable bonds is 6. The molecule has 1 heterocycles. The van der Waals surface area contributed by atoms with Crippen molar-refractivity contribution in [1.82, 2.24) is 15.5 Å². The Balaban J connectivity index is 0.00000312. The Morgan fingerprint density at radius 1 is 1.16 bits per heavy atom. The molecule has 1 aromatic rings. The van der Waals surface area contributed by atoms with Crippen LogP contribution in [0.2, 0.25) is 0 Å². The molecular formula is C20H35IN4. The van der Waals surface area contributed by atoms with Gasteiger partial charge in [0.25, 0.3) is 0 Å². The Morgan fingerprint density at radius 2 is 1.80 bits per heavy atom. The van der Waals surface area contributed by atoms with Crippen LogP contribution in [-0.4, -0.2) is 51.1 Å². The third kappa shape index (κ3) is 7.52. The third-order valence-electron chi connectivity index (χ3n) is 5.16. The first-order chi connectivity index (χ1) is 11.5. The zero-order valence-electron chi connectivity index (χ0n) is 16.2. The van der Waals surface area contributed by atoms with Crippen LogP contribution in [0.25, 0.3) is 0 Å². The van der Waals surface area contributed by atoms with E-state index in [1.807, 2.05) is 7.05 Å². The molecular weight excluding hydrogens is 423 g/mol. The van der Waals surface area contributed by atoms with E-state index in [9.17, 15) is 0 Å². The highest BCUT2D eigenvalue weighted by Gasteiger charge is 2.21. The van der Waals surface area contributed by atoms with Crippen molar-refractivity contribution in [3.63, 3.8) is 0 Å². The molecule has 0 aliphatic carbocycles. The highest BCUT2D eigenvalue weighted by atomic mass is 127. The van der Waals surface area contributed by atoms with Gasteiger partial charge in [0.2, 0.25) is 0 Å². The number of hydrogen-bond acceptors (Lipinski definition) is 2. The fourth-order valence-electron chi connectivity index (χ4n) is 3.26. The molecule has 1 fully saturated rings. The number of likely N-dealkylation sites (tertiary alicyclic amines) is 1. The van der Waals surface area contributed by atoms with Gasteiger partial charge < -0.3 is 15.5 Å². The SMILES string of the molecule is CN=C(NCCC1CCN(C)CC1)NCC(C)(C)c1ccccc1.I.